The van der Waals surface area contributed by atoms with E-state index in [-0.39, 0.29) is 11.9 Å². The van der Waals surface area contributed by atoms with Crippen LogP contribution in [0.5, 0.6) is 5.75 Å². The van der Waals surface area contributed by atoms with Gasteiger partial charge in [0.15, 0.2) is 5.17 Å². The van der Waals surface area contributed by atoms with Crippen LogP contribution >= 0.6 is 34.4 Å². The van der Waals surface area contributed by atoms with Gasteiger partial charge in [0.2, 0.25) is 0 Å². The third kappa shape index (κ3) is 6.37. The van der Waals surface area contributed by atoms with Gasteiger partial charge in [0.1, 0.15) is 12.4 Å². The lowest BCUT2D eigenvalue weighted by atomic mass is 9.94. The summed E-state index contributed by atoms with van der Waals surface area (Å²) in [7, 11) is 0. The molecule has 1 aliphatic heterocycles. The summed E-state index contributed by atoms with van der Waals surface area (Å²) in [6.07, 6.45) is 14.0. The first-order valence-corrected chi connectivity index (χ1v) is 16.2. The van der Waals surface area contributed by atoms with E-state index < -0.39 is 0 Å². The van der Waals surface area contributed by atoms with E-state index in [0.717, 1.165) is 56.2 Å². The van der Waals surface area contributed by atoms with Gasteiger partial charge in [0.25, 0.3) is 5.91 Å². The Kier molecular flexibility index (Phi) is 8.59. The summed E-state index contributed by atoms with van der Waals surface area (Å²) < 4.78 is 7.23. The molecule has 0 atom stereocenters. The maximum atomic E-state index is 13.7. The number of carbonyl (C=O) groups excluding carboxylic acids is 1. The Bertz CT molecular complexity index is 1410. The van der Waals surface area contributed by atoms with Crippen LogP contribution in [0.3, 0.4) is 0 Å². The van der Waals surface area contributed by atoms with Crippen molar-refractivity contribution in [3.63, 3.8) is 0 Å². The molecule has 1 amide bonds. The molecule has 3 fully saturated rings. The third-order valence-corrected chi connectivity index (χ3v) is 9.95. The lowest BCUT2D eigenvalue weighted by Crippen LogP contribution is -2.41. The van der Waals surface area contributed by atoms with E-state index in [0.29, 0.717) is 12.6 Å². The van der Waals surface area contributed by atoms with Crippen molar-refractivity contribution < 1.29 is 9.53 Å². The van der Waals surface area contributed by atoms with E-state index in [2.05, 4.69) is 82.1 Å². The van der Waals surface area contributed by atoms with Gasteiger partial charge in [-0.1, -0.05) is 81.0 Å². The molecule has 6 rings (SSSR count). The first-order valence-electron chi connectivity index (χ1n) is 14.3. The van der Waals surface area contributed by atoms with E-state index in [1.165, 1.54) is 49.3 Å². The highest BCUT2D eigenvalue weighted by molar-refractivity contribution is 14.1. The van der Waals surface area contributed by atoms with Crippen molar-refractivity contribution in [1.29, 1.82) is 0 Å². The van der Waals surface area contributed by atoms with Crippen LogP contribution < -0.4 is 4.74 Å². The van der Waals surface area contributed by atoms with Gasteiger partial charge in [-0.15, -0.1) is 0 Å². The fourth-order valence-electron chi connectivity index (χ4n) is 5.97. The lowest BCUT2D eigenvalue weighted by Gasteiger charge is -2.31. The van der Waals surface area contributed by atoms with Gasteiger partial charge >= 0.3 is 0 Å². The van der Waals surface area contributed by atoms with Gasteiger partial charge in [0, 0.05) is 6.04 Å². The summed E-state index contributed by atoms with van der Waals surface area (Å²) in [5.41, 5.74) is 2.17. The Labute approximate surface area is 249 Å². The molecule has 1 saturated heterocycles. The standard InChI is InChI=1S/C33H35IN2O2S/c34-29-20-23(16-18-30(29)38-22-24-15-17-25-9-7-8-10-26(25)19-24)21-31-32(37)36(28-13-5-2-6-14-28)33(39-31)35-27-11-3-1-4-12-27/h7-10,15-21,27-28H,1-6,11-14,22H2. The van der Waals surface area contributed by atoms with Crippen molar-refractivity contribution in [3.05, 3.63) is 80.3 Å². The van der Waals surface area contributed by atoms with Crippen LogP contribution in [0.4, 0.5) is 0 Å². The van der Waals surface area contributed by atoms with Gasteiger partial charge < -0.3 is 4.74 Å². The molecule has 6 heteroatoms. The molecule has 3 aliphatic rings. The minimum atomic E-state index is 0.132. The number of amides is 1. The van der Waals surface area contributed by atoms with Crippen molar-refractivity contribution >= 4 is 62.3 Å². The summed E-state index contributed by atoms with van der Waals surface area (Å²) in [4.78, 5) is 21.7. The van der Waals surface area contributed by atoms with E-state index in [1.807, 2.05) is 12.1 Å². The Morgan fingerprint density at radius 1 is 0.897 bits per heavy atom. The number of aliphatic imine (C=N–C) groups is 1. The first-order chi connectivity index (χ1) is 19.1. The largest absolute Gasteiger partial charge is 0.488 e. The molecule has 202 valence electrons. The summed E-state index contributed by atoms with van der Waals surface area (Å²) in [5.74, 6) is 0.993. The molecule has 1 heterocycles. The average molecular weight is 651 g/mol. The Balaban J connectivity index is 1.19. The quantitative estimate of drug-likeness (QED) is 0.198. The molecule has 0 bridgehead atoms. The zero-order valence-corrected chi connectivity index (χ0v) is 25.3. The molecule has 4 nitrogen and oxygen atoms in total. The van der Waals surface area contributed by atoms with Crippen LogP contribution in [0.15, 0.2) is 70.6 Å². The Morgan fingerprint density at radius 3 is 2.41 bits per heavy atom. The van der Waals surface area contributed by atoms with Crippen LogP contribution in [0, 0.1) is 3.57 Å². The van der Waals surface area contributed by atoms with Gasteiger partial charge in [-0.2, -0.15) is 0 Å². The van der Waals surface area contributed by atoms with E-state index >= 15 is 0 Å². The molecule has 0 aromatic heterocycles. The second-order valence-corrected chi connectivity index (χ2v) is 13.1. The topological polar surface area (TPSA) is 41.9 Å². The monoisotopic (exact) mass is 650 g/mol. The highest BCUT2D eigenvalue weighted by Crippen LogP contribution is 2.39. The number of fused-ring (bicyclic) bond motifs is 1. The van der Waals surface area contributed by atoms with Crippen molar-refractivity contribution in [2.24, 2.45) is 4.99 Å². The van der Waals surface area contributed by atoms with E-state index in [4.69, 9.17) is 9.73 Å². The van der Waals surface area contributed by atoms with Gasteiger partial charge in [-0.3, -0.25) is 14.7 Å². The molecule has 0 spiro atoms. The minimum absolute atomic E-state index is 0.132. The van der Waals surface area contributed by atoms with E-state index in [1.54, 1.807) is 11.8 Å². The third-order valence-electron chi connectivity index (χ3n) is 8.11. The maximum absolute atomic E-state index is 13.7. The Hall–Kier alpha value is -2.32. The van der Waals surface area contributed by atoms with Crippen molar-refractivity contribution in [1.82, 2.24) is 4.90 Å². The van der Waals surface area contributed by atoms with Crippen molar-refractivity contribution in [2.75, 3.05) is 0 Å². The SMILES string of the molecule is O=C1C(=Cc2ccc(OCc3ccc4ccccc4c3)c(I)c2)SC(=NC2CCCCC2)N1C1CCCCC1. The number of hydrogen-bond acceptors (Lipinski definition) is 4. The predicted molar refractivity (Wildman–Crippen MR) is 171 cm³/mol. The number of halogens is 1. The number of benzene rings is 3. The van der Waals surface area contributed by atoms with Crippen LogP contribution in [0.1, 0.15) is 75.3 Å². The fraction of sp³-hybridized carbons (Fsp3) is 0.394. The normalized spacial score (nSPS) is 21.4. The summed E-state index contributed by atoms with van der Waals surface area (Å²) in [5, 5.41) is 3.40. The molecule has 2 aliphatic carbocycles. The highest BCUT2D eigenvalue weighted by atomic mass is 127. The van der Waals surface area contributed by atoms with E-state index in [9.17, 15) is 4.79 Å². The molecule has 0 N–H and O–H groups in total. The average Bonchev–Trinajstić information content (AvgIpc) is 3.27. The second-order valence-electron chi connectivity index (χ2n) is 10.9. The number of ether oxygens (including phenoxy) is 1. The van der Waals surface area contributed by atoms with Gasteiger partial charge in [-0.05, 0) is 106 Å². The maximum Gasteiger partial charge on any atom is 0.266 e. The van der Waals surface area contributed by atoms with Crippen LogP contribution in [0.25, 0.3) is 16.8 Å². The molecule has 0 radical (unpaired) electrons. The first kappa shape index (κ1) is 26.9. The van der Waals surface area contributed by atoms with Gasteiger partial charge in [0.05, 0.1) is 14.5 Å². The molecular formula is C33H35IN2O2S. The number of amidine groups is 1. The summed E-state index contributed by atoms with van der Waals surface area (Å²) in [6, 6.07) is 21.7. The van der Waals surface area contributed by atoms with Crippen LogP contribution in [-0.2, 0) is 11.4 Å². The molecular weight excluding hydrogens is 615 g/mol. The van der Waals surface area contributed by atoms with Gasteiger partial charge in [-0.25, -0.2) is 0 Å². The zero-order chi connectivity index (χ0) is 26.6. The van der Waals surface area contributed by atoms with Crippen molar-refractivity contribution in [3.8, 4) is 5.75 Å². The number of hydrogen-bond donors (Lipinski definition) is 0. The molecule has 2 saturated carbocycles. The summed E-state index contributed by atoms with van der Waals surface area (Å²) >= 11 is 3.92. The molecule has 39 heavy (non-hydrogen) atoms. The second kappa shape index (κ2) is 12.5. The predicted octanol–water partition coefficient (Wildman–Crippen LogP) is 8.96. The Morgan fingerprint density at radius 2 is 1.64 bits per heavy atom. The molecule has 3 aromatic rings. The number of rotatable bonds is 6. The highest BCUT2D eigenvalue weighted by Gasteiger charge is 2.39. The summed E-state index contributed by atoms with van der Waals surface area (Å²) in [6.45, 7) is 0.521. The number of nitrogens with zero attached hydrogens (tertiary/aromatic N) is 2. The minimum Gasteiger partial charge on any atom is -0.488 e. The fourth-order valence-corrected chi connectivity index (χ4v) is 7.77. The molecule has 3 aromatic carbocycles. The smallest absolute Gasteiger partial charge is 0.266 e. The van der Waals surface area contributed by atoms with Crippen LogP contribution in [0.2, 0.25) is 0 Å². The van der Waals surface area contributed by atoms with Crippen LogP contribution in [-0.4, -0.2) is 28.1 Å². The number of carbonyl (C=O) groups is 1. The zero-order valence-electron chi connectivity index (χ0n) is 22.3. The number of thioether (sulfide) groups is 1. The molecule has 0 unspecified atom stereocenters. The lowest BCUT2D eigenvalue weighted by molar-refractivity contribution is -0.124. The van der Waals surface area contributed by atoms with Crippen molar-refractivity contribution in [2.45, 2.75) is 82.9 Å².